The summed E-state index contributed by atoms with van der Waals surface area (Å²) in [5, 5.41) is 9.50. The van der Waals surface area contributed by atoms with Crippen molar-refractivity contribution in [3.8, 4) is 0 Å². The molecule has 37 heavy (non-hydrogen) atoms. The molecule has 0 saturated heterocycles. The largest absolute Gasteiger partial charge is 0.444 e. The molecule has 4 rings (SSSR count). The maximum atomic E-state index is 13.4. The van der Waals surface area contributed by atoms with Gasteiger partial charge in [0, 0.05) is 19.2 Å². The number of hydrogen-bond acceptors (Lipinski definition) is 7. The van der Waals surface area contributed by atoms with E-state index in [4.69, 9.17) is 4.74 Å². The highest BCUT2D eigenvalue weighted by molar-refractivity contribution is 5.98. The molecule has 3 aromatic heterocycles. The number of aryl methyl sites for hydroxylation is 1. The predicted molar refractivity (Wildman–Crippen MR) is 131 cm³/mol. The van der Waals surface area contributed by atoms with Gasteiger partial charge in [0.1, 0.15) is 35.1 Å². The molecule has 3 aromatic rings. The molecule has 2 N–H and O–H groups in total. The number of carbonyl (C=O) groups excluding carboxylic acids is 3. The van der Waals surface area contributed by atoms with E-state index in [1.165, 1.54) is 20.0 Å². The first-order valence-corrected chi connectivity index (χ1v) is 11.8. The molecule has 0 aromatic carbocycles. The highest BCUT2D eigenvalue weighted by atomic mass is 19.1. The minimum atomic E-state index is -0.664. The Morgan fingerprint density at radius 1 is 1.22 bits per heavy atom. The van der Waals surface area contributed by atoms with Crippen molar-refractivity contribution < 1.29 is 23.5 Å². The molecule has 3 amide bonds. The molecule has 0 radical (unpaired) electrons. The lowest BCUT2D eigenvalue weighted by molar-refractivity contribution is -0.116. The van der Waals surface area contributed by atoms with E-state index in [0.29, 0.717) is 17.8 Å². The normalized spacial score (nSPS) is 13.1. The summed E-state index contributed by atoms with van der Waals surface area (Å²) in [6.45, 7) is 7.02. The molecule has 0 saturated carbocycles. The van der Waals surface area contributed by atoms with Gasteiger partial charge in [-0.1, -0.05) is 6.92 Å². The van der Waals surface area contributed by atoms with Crippen LogP contribution in [-0.2, 0) is 29.0 Å². The van der Waals surface area contributed by atoms with Gasteiger partial charge in [-0.3, -0.25) is 14.4 Å². The zero-order valence-electron chi connectivity index (χ0n) is 21.0. The Morgan fingerprint density at radius 3 is 2.62 bits per heavy atom. The Kier molecular flexibility index (Phi) is 6.96. The third-order valence-electron chi connectivity index (χ3n) is 5.57. The average Bonchev–Trinajstić information content (AvgIpc) is 3.39. The molecule has 1 aliphatic rings. The van der Waals surface area contributed by atoms with E-state index in [0.717, 1.165) is 12.3 Å². The number of ether oxygens (including phenoxy) is 1. The van der Waals surface area contributed by atoms with Crippen molar-refractivity contribution in [1.29, 1.82) is 0 Å². The Balaban J connectivity index is 1.60. The Bertz CT molecular complexity index is 1420. The van der Waals surface area contributed by atoms with Crippen LogP contribution in [-0.4, -0.2) is 60.7 Å². The summed E-state index contributed by atoms with van der Waals surface area (Å²) in [5.41, 5.74) is 0.0966. The van der Waals surface area contributed by atoms with Gasteiger partial charge in [0.05, 0.1) is 24.0 Å². The van der Waals surface area contributed by atoms with Crippen LogP contribution >= 0.6 is 0 Å². The third-order valence-corrected chi connectivity index (χ3v) is 5.57. The first kappa shape index (κ1) is 25.8. The SMILES string of the molecule is CCc1cc2n(CC(=O)Nc3ccc(F)cn3)c3c(c(=O)n2n1)CN(CCNC(=O)OC(C)(C)C)C3=O. The molecule has 4 heterocycles. The van der Waals surface area contributed by atoms with Crippen molar-refractivity contribution in [2.24, 2.45) is 0 Å². The lowest BCUT2D eigenvalue weighted by Gasteiger charge is -2.21. The van der Waals surface area contributed by atoms with Crippen LogP contribution in [0, 0.1) is 5.82 Å². The molecule has 0 spiro atoms. The van der Waals surface area contributed by atoms with E-state index >= 15 is 0 Å². The monoisotopic (exact) mass is 513 g/mol. The molecule has 13 heteroatoms. The summed E-state index contributed by atoms with van der Waals surface area (Å²) in [6.07, 6.45) is 0.906. The topological polar surface area (TPSA) is 140 Å². The smallest absolute Gasteiger partial charge is 0.407 e. The summed E-state index contributed by atoms with van der Waals surface area (Å²) in [7, 11) is 0. The summed E-state index contributed by atoms with van der Waals surface area (Å²) in [4.78, 5) is 56.6. The molecule has 0 aliphatic carbocycles. The first-order valence-electron chi connectivity index (χ1n) is 11.8. The van der Waals surface area contributed by atoms with Gasteiger partial charge in [-0.05, 0) is 39.3 Å². The van der Waals surface area contributed by atoms with Gasteiger partial charge in [0.15, 0.2) is 0 Å². The number of carbonyl (C=O) groups is 3. The fraction of sp³-hybridized carbons (Fsp3) is 0.417. The summed E-state index contributed by atoms with van der Waals surface area (Å²) < 4.78 is 21.0. The van der Waals surface area contributed by atoms with Crippen LogP contribution in [0.5, 0.6) is 0 Å². The van der Waals surface area contributed by atoms with E-state index in [1.54, 1.807) is 26.8 Å². The van der Waals surface area contributed by atoms with Crippen molar-refractivity contribution in [2.75, 3.05) is 18.4 Å². The van der Waals surface area contributed by atoms with Crippen LogP contribution in [0.2, 0.25) is 0 Å². The number of amides is 3. The number of pyridine rings is 1. The molecular formula is C24H28FN7O5. The quantitative estimate of drug-likeness (QED) is 0.490. The van der Waals surface area contributed by atoms with Crippen molar-refractivity contribution >= 4 is 29.4 Å². The van der Waals surface area contributed by atoms with Crippen molar-refractivity contribution in [3.63, 3.8) is 0 Å². The van der Waals surface area contributed by atoms with Crippen molar-refractivity contribution in [1.82, 2.24) is 29.4 Å². The maximum Gasteiger partial charge on any atom is 0.407 e. The van der Waals surface area contributed by atoms with Crippen LogP contribution in [0.1, 0.15) is 49.4 Å². The van der Waals surface area contributed by atoms with E-state index in [-0.39, 0.29) is 43.3 Å². The number of hydrogen-bond donors (Lipinski definition) is 2. The van der Waals surface area contributed by atoms with Crippen LogP contribution in [0.25, 0.3) is 5.65 Å². The second-order valence-corrected chi connectivity index (χ2v) is 9.54. The highest BCUT2D eigenvalue weighted by Crippen LogP contribution is 2.23. The molecule has 1 aliphatic heterocycles. The number of fused-ring (bicyclic) bond motifs is 2. The van der Waals surface area contributed by atoms with E-state index in [1.807, 2.05) is 6.92 Å². The lowest BCUT2D eigenvalue weighted by Crippen LogP contribution is -2.38. The fourth-order valence-electron chi connectivity index (χ4n) is 3.96. The molecule has 0 unspecified atom stereocenters. The average molecular weight is 514 g/mol. The summed E-state index contributed by atoms with van der Waals surface area (Å²) in [5.74, 6) is -1.38. The summed E-state index contributed by atoms with van der Waals surface area (Å²) in [6, 6.07) is 4.14. The minimum Gasteiger partial charge on any atom is -0.444 e. The van der Waals surface area contributed by atoms with E-state index in [2.05, 4.69) is 20.7 Å². The highest BCUT2D eigenvalue weighted by Gasteiger charge is 2.35. The third kappa shape index (κ3) is 5.60. The predicted octanol–water partition coefficient (Wildman–Crippen LogP) is 1.71. The second kappa shape index (κ2) is 9.99. The molecule has 196 valence electrons. The number of rotatable bonds is 7. The Morgan fingerprint density at radius 2 is 1.97 bits per heavy atom. The number of nitrogens with zero attached hydrogens (tertiary/aromatic N) is 5. The number of halogens is 1. The number of alkyl carbamates (subject to hydrolysis) is 1. The fourth-order valence-corrected chi connectivity index (χ4v) is 3.96. The van der Waals surface area contributed by atoms with E-state index in [9.17, 15) is 23.6 Å². The number of anilines is 1. The Hall–Kier alpha value is -4.29. The van der Waals surface area contributed by atoms with Gasteiger partial charge in [-0.25, -0.2) is 14.2 Å². The molecule has 0 atom stereocenters. The first-order chi connectivity index (χ1) is 17.5. The van der Waals surface area contributed by atoms with Gasteiger partial charge in [0.2, 0.25) is 5.91 Å². The Labute approximate surface area is 211 Å². The van der Waals surface area contributed by atoms with Gasteiger partial charge >= 0.3 is 6.09 Å². The zero-order valence-corrected chi connectivity index (χ0v) is 21.0. The van der Waals surface area contributed by atoms with Gasteiger partial charge in [0.25, 0.3) is 11.5 Å². The van der Waals surface area contributed by atoms with Crippen LogP contribution in [0.4, 0.5) is 15.0 Å². The standard InChI is InChI=1S/C24H28FN7O5/c1-5-15-10-19-31(13-18(33)28-17-7-6-14(25)11-27-17)20-16(21(34)32(19)29-15)12-30(22(20)35)9-8-26-23(36)37-24(2,3)4/h6-7,10-11H,5,8-9,12-13H2,1-4H3,(H,26,36)(H,27,28,33). The maximum absolute atomic E-state index is 13.4. The van der Waals surface area contributed by atoms with Crippen molar-refractivity contribution in [2.45, 2.75) is 52.8 Å². The second-order valence-electron chi connectivity index (χ2n) is 9.54. The molecule has 0 fully saturated rings. The van der Waals surface area contributed by atoms with E-state index < -0.39 is 34.9 Å². The van der Waals surface area contributed by atoms with Crippen LogP contribution < -0.4 is 16.2 Å². The van der Waals surface area contributed by atoms with Gasteiger partial charge in [-0.2, -0.15) is 9.61 Å². The van der Waals surface area contributed by atoms with Crippen LogP contribution in [0.3, 0.4) is 0 Å². The number of nitrogens with one attached hydrogen (secondary N) is 2. The molecule has 0 bridgehead atoms. The molecule has 12 nitrogen and oxygen atoms in total. The minimum absolute atomic E-state index is 0.00138. The number of aromatic nitrogens is 4. The van der Waals surface area contributed by atoms with Crippen molar-refractivity contribution in [3.05, 3.63) is 57.5 Å². The zero-order chi connectivity index (χ0) is 26.9. The van der Waals surface area contributed by atoms with Gasteiger partial charge < -0.3 is 24.8 Å². The van der Waals surface area contributed by atoms with Gasteiger partial charge in [-0.15, -0.1) is 0 Å². The lowest BCUT2D eigenvalue weighted by atomic mass is 10.2. The van der Waals surface area contributed by atoms with Crippen LogP contribution in [0.15, 0.2) is 29.2 Å². The summed E-state index contributed by atoms with van der Waals surface area (Å²) >= 11 is 0. The molecular weight excluding hydrogens is 485 g/mol.